The van der Waals surface area contributed by atoms with E-state index in [2.05, 4.69) is 4.99 Å². The molecule has 2 aliphatic rings. The lowest BCUT2D eigenvalue weighted by Gasteiger charge is -2.29. The molecule has 118 valence electrons. The van der Waals surface area contributed by atoms with Gasteiger partial charge < -0.3 is 14.9 Å². The van der Waals surface area contributed by atoms with Gasteiger partial charge in [0, 0.05) is 17.4 Å². The minimum Gasteiger partial charge on any atom is -0.492 e. The quantitative estimate of drug-likeness (QED) is 0.849. The van der Waals surface area contributed by atoms with Crippen LogP contribution in [0.15, 0.2) is 29.3 Å². The molecule has 0 radical (unpaired) electrons. The van der Waals surface area contributed by atoms with Crippen molar-refractivity contribution in [2.45, 2.75) is 0 Å². The van der Waals surface area contributed by atoms with Crippen LogP contribution in [0.4, 0.5) is 5.69 Å². The molecule has 7 heteroatoms. The van der Waals surface area contributed by atoms with Gasteiger partial charge in [-0.1, -0.05) is 29.5 Å². The Balaban J connectivity index is 1.73. The number of hydrogen-bond acceptors (Lipinski definition) is 6. The van der Waals surface area contributed by atoms with E-state index in [4.69, 9.17) is 17.0 Å². The van der Waals surface area contributed by atoms with Gasteiger partial charge in [0.25, 0.3) is 0 Å². The van der Waals surface area contributed by atoms with Gasteiger partial charge in [0.1, 0.15) is 0 Å². The number of ether oxygens (including phenoxy) is 1. The highest BCUT2D eigenvalue weighted by molar-refractivity contribution is 7.73. The maximum absolute atomic E-state index is 10.6. The van der Waals surface area contributed by atoms with Crippen molar-refractivity contribution in [1.29, 1.82) is 0 Å². The zero-order valence-corrected chi connectivity index (χ0v) is 13.9. The SMILES string of the molecule is Oc1c(C=C2C=Nc3ccccc32)sc(=S)n1N1CCOCC1. The maximum atomic E-state index is 10.6. The number of morpholine rings is 1. The number of hydrogen-bond donors (Lipinski definition) is 1. The van der Waals surface area contributed by atoms with E-state index in [1.54, 1.807) is 4.68 Å². The molecule has 2 aliphatic heterocycles. The molecule has 2 aromatic rings. The average molecular weight is 345 g/mol. The van der Waals surface area contributed by atoms with Crippen LogP contribution in [0.1, 0.15) is 10.4 Å². The number of nitrogens with zero attached hydrogens (tertiary/aromatic N) is 3. The van der Waals surface area contributed by atoms with Crippen LogP contribution in [0.2, 0.25) is 0 Å². The third kappa shape index (κ3) is 2.60. The van der Waals surface area contributed by atoms with Crippen molar-refractivity contribution < 1.29 is 9.84 Å². The van der Waals surface area contributed by atoms with E-state index in [0.29, 0.717) is 17.2 Å². The van der Waals surface area contributed by atoms with E-state index in [-0.39, 0.29) is 5.88 Å². The molecule has 1 aromatic carbocycles. The fourth-order valence-electron chi connectivity index (χ4n) is 2.77. The molecule has 3 heterocycles. The summed E-state index contributed by atoms with van der Waals surface area (Å²) in [6, 6.07) is 7.97. The Bertz CT molecular complexity index is 860. The van der Waals surface area contributed by atoms with Gasteiger partial charge in [-0.15, -0.1) is 0 Å². The van der Waals surface area contributed by atoms with Crippen molar-refractivity contribution in [3.05, 3.63) is 38.7 Å². The Morgan fingerprint density at radius 2 is 2.04 bits per heavy atom. The largest absolute Gasteiger partial charge is 0.492 e. The third-order valence-corrected chi connectivity index (χ3v) is 5.20. The van der Waals surface area contributed by atoms with E-state index >= 15 is 0 Å². The monoisotopic (exact) mass is 345 g/mol. The molecule has 0 saturated carbocycles. The number of aromatic nitrogens is 1. The summed E-state index contributed by atoms with van der Waals surface area (Å²) in [5, 5.41) is 12.6. The molecule has 0 bridgehead atoms. The fraction of sp³-hybridized carbons (Fsp3) is 0.250. The van der Waals surface area contributed by atoms with Gasteiger partial charge in [-0.25, -0.2) is 4.68 Å². The Morgan fingerprint density at radius 1 is 1.26 bits per heavy atom. The van der Waals surface area contributed by atoms with E-state index in [9.17, 15) is 5.11 Å². The number of para-hydroxylation sites is 1. The van der Waals surface area contributed by atoms with Crippen molar-refractivity contribution in [2.24, 2.45) is 4.99 Å². The van der Waals surface area contributed by atoms with Gasteiger partial charge in [0.15, 0.2) is 3.95 Å². The highest BCUT2D eigenvalue weighted by Gasteiger charge is 2.19. The molecular weight excluding hydrogens is 330 g/mol. The molecule has 1 N–H and O–H groups in total. The number of benzene rings is 1. The molecular formula is C16H15N3O2S2. The Morgan fingerprint density at radius 3 is 2.87 bits per heavy atom. The van der Waals surface area contributed by atoms with Crippen molar-refractivity contribution in [1.82, 2.24) is 4.68 Å². The molecule has 0 aliphatic carbocycles. The molecule has 5 nitrogen and oxygen atoms in total. The first-order chi connectivity index (χ1) is 11.2. The number of thiazole rings is 1. The molecule has 0 spiro atoms. The van der Waals surface area contributed by atoms with Crippen molar-refractivity contribution in [3.8, 4) is 5.88 Å². The predicted octanol–water partition coefficient (Wildman–Crippen LogP) is 3.21. The maximum Gasteiger partial charge on any atom is 0.230 e. The first-order valence-electron chi connectivity index (χ1n) is 7.37. The number of aromatic hydroxyl groups is 1. The highest BCUT2D eigenvalue weighted by Crippen LogP contribution is 2.35. The standard InChI is InChI=1S/C16H15N3O2S2/c20-15-14(9-11-10-17-13-4-2-1-3-12(11)13)23-16(22)19(15)18-5-7-21-8-6-18/h1-4,9-10,20H,5-8H2. The first-order valence-corrected chi connectivity index (χ1v) is 8.59. The topological polar surface area (TPSA) is 50.0 Å². The second-order valence-electron chi connectivity index (χ2n) is 5.31. The summed E-state index contributed by atoms with van der Waals surface area (Å²) < 4.78 is 7.71. The number of fused-ring (bicyclic) bond motifs is 1. The van der Waals surface area contributed by atoms with E-state index in [0.717, 1.165) is 34.8 Å². The summed E-state index contributed by atoms with van der Waals surface area (Å²) in [6.07, 6.45) is 3.77. The van der Waals surface area contributed by atoms with Crippen LogP contribution in [0, 0.1) is 3.95 Å². The number of rotatable bonds is 2. The van der Waals surface area contributed by atoms with Gasteiger partial charge >= 0.3 is 0 Å². The minimum absolute atomic E-state index is 0.187. The summed E-state index contributed by atoms with van der Waals surface area (Å²) >= 11 is 6.84. The smallest absolute Gasteiger partial charge is 0.230 e. The van der Waals surface area contributed by atoms with Crippen LogP contribution < -0.4 is 5.01 Å². The van der Waals surface area contributed by atoms with Gasteiger partial charge in [-0.2, -0.15) is 0 Å². The molecule has 23 heavy (non-hydrogen) atoms. The van der Waals surface area contributed by atoms with Gasteiger partial charge in [0.05, 0.1) is 36.9 Å². The van der Waals surface area contributed by atoms with Crippen LogP contribution in [-0.4, -0.2) is 42.3 Å². The Kier molecular flexibility index (Phi) is 3.76. The molecule has 0 atom stereocenters. The Hall–Kier alpha value is -1.96. The lowest BCUT2D eigenvalue weighted by Crippen LogP contribution is -2.43. The molecule has 0 unspecified atom stereocenters. The van der Waals surface area contributed by atoms with Crippen molar-refractivity contribution in [3.63, 3.8) is 0 Å². The van der Waals surface area contributed by atoms with Crippen molar-refractivity contribution in [2.75, 3.05) is 31.3 Å². The second kappa shape index (κ2) is 5.92. The molecule has 4 rings (SSSR count). The first kappa shape index (κ1) is 14.6. The summed E-state index contributed by atoms with van der Waals surface area (Å²) in [7, 11) is 0. The molecule has 1 fully saturated rings. The van der Waals surface area contributed by atoms with Crippen LogP contribution in [0.3, 0.4) is 0 Å². The second-order valence-corrected chi connectivity index (χ2v) is 6.98. The van der Waals surface area contributed by atoms with E-state index in [1.165, 1.54) is 11.3 Å². The average Bonchev–Trinajstić information content (AvgIpc) is 3.10. The summed E-state index contributed by atoms with van der Waals surface area (Å²) in [5.74, 6) is 0.187. The minimum atomic E-state index is 0.187. The number of allylic oxidation sites excluding steroid dienone is 1. The van der Waals surface area contributed by atoms with Crippen molar-refractivity contribution >= 4 is 47.1 Å². The molecule has 0 amide bonds. The van der Waals surface area contributed by atoms with Crippen LogP contribution in [-0.2, 0) is 4.74 Å². The van der Waals surface area contributed by atoms with Gasteiger partial charge in [-0.05, 0) is 24.4 Å². The molecule has 1 saturated heterocycles. The van der Waals surface area contributed by atoms with Crippen LogP contribution >= 0.6 is 23.6 Å². The van der Waals surface area contributed by atoms with E-state index < -0.39 is 0 Å². The van der Waals surface area contributed by atoms with E-state index in [1.807, 2.05) is 41.6 Å². The van der Waals surface area contributed by atoms with Gasteiger partial charge in [-0.3, -0.25) is 4.99 Å². The lowest BCUT2D eigenvalue weighted by atomic mass is 10.1. The predicted molar refractivity (Wildman–Crippen MR) is 96.0 cm³/mol. The number of aliphatic imine (C=N–C) groups is 1. The summed E-state index contributed by atoms with van der Waals surface area (Å²) in [4.78, 5) is 5.15. The summed E-state index contributed by atoms with van der Waals surface area (Å²) in [5.41, 5.74) is 3.01. The summed E-state index contributed by atoms with van der Waals surface area (Å²) in [6.45, 7) is 2.73. The highest BCUT2D eigenvalue weighted by atomic mass is 32.1. The van der Waals surface area contributed by atoms with Crippen LogP contribution in [0.5, 0.6) is 5.88 Å². The van der Waals surface area contributed by atoms with Crippen LogP contribution in [0.25, 0.3) is 11.6 Å². The fourth-order valence-corrected chi connectivity index (χ4v) is 4.08. The Labute approximate surface area is 142 Å². The zero-order chi connectivity index (χ0) is 15.8. The third-order valence-electron chi connectivity index (χ3n) is 3.91. The lowest BCUT2D eigenvalue weighted by molar-refractivity contribution is 0.109. The zero-order valence-electron chi connectivity index (χ0n) is 12.3. The van der Waals surface area contributed by atoms with Gasteiger partial charge in [0.2, 0.25) is 5.88 Å². The normalized spacial score (nSPS) is 18.6. The molecule has 1 aromatic heterocycles.